The van der Waals surface area contributed by atoms with Crippen molar-refractivity contribution in [1.29, 1.82) is 0 Å². The van der Waals surface area contributed by atoms with Crippen LogP contribution in [0.1, 0.15) is 40.4 Å². The lowest BCUT2D eigenvalue weighted by Gasteiger charge is -2.37. The van der Waals surface area contributed by atoms with Crippen LogP contribution in [0.5, 0.6) is 0 Å². The van der Waals surface area contributed by atoms with E-state index in [0.29, 0.717) is 5.02 Å². The van der Waals surface area contributed by atoms with Gasteiger partial charge in [-0.1, -0.05) is 23.7 Å². The van der Waals surface area contributed by atoms with E-state index in [0.717, 1.165) is 30.7 Å². The number of alkyl halides is 3. The molecule has 0 aliphatic heterocycles. The summed E-state index contributed by atoms with van der Waals surface area (Å²) in [6.45, 7) is 0. The zero-order valence-corrected chi connectivity index (χ0v) is 13.2. The maximum absolute atomic E-state index is 13.0. The van der Waals surface area contributed by atoms with Gasteiger partial charge in [0.2, 0.25) is 0 Å². The minimum Gasteiger partial charge on any atom is -0.349 e. The fraction of sp³-hybridized carbons (Fsp3) is 0.294. The SMILES string of the molecule is O=C(N[C@@H]1CC[C@@H]1c1ccc(Cl)cc1)c1cccnc1C(F)(F)F. The van der Waals surface area contributed by atoms with Crippen molar-refractivity contribution in [3.05, 3.63) is 64.4 Å². The van der Waals surface area contributed by atoms with Gasteiger partial charge in [0.1, 0.15) is 0 Å². The molecule has 0 bridgehead atoms. The number of carbonyl (C=O) groups is 1. The Morgan fingerprint density at radius 1 is 1.17 bits per heavy atom. The van der Waals surface area contributed by atoms with Gasteiger partial charge in [0.05, 0.1) is 5.56 Å². The van der Waals surface area contributed by atoms with E-state index in [1.807, 2.05) is 12.1 Å². The molecular formula is C17H14ClF3N2O. The number of rotatable bonds is 3. The van der Waals surface area contributed by atoms with E-state index in [4.69, 9.17) is 11.6 Å². The van der Waals surface area contributed by atoms with E-state index in [-0.39, 0.29) is 12.0 Å². The molecular weight excluding hydrogens is 341 g/mol. The number of nitrogens with zero attached hydrogens (tertiary/aromatic N) is 1. The quantitative estimate of drug-likeness (QED) is 0.886. The molecule has 1 fully saturated rings. The van der Waals surface area contributed by atoms with Crippen LogP contribution in [-0.4, -0.2) is 16.9 Å². The van der Waals surface area contributed by atoms with Gasteiger partial charge >= 0.3 is 6.18 Å². The lowest BCUT2D eigenvalue weighted by molar-refractivity contribution is -0.141. The third-order valence-electron chi connectivity index (χ3n) is 4.21. The topological polar surface area (TPSA) is 42.0 Å². The zero-order valence-electron chi connectivity index (χ0n) is 12.5. The van der Waals surface area contributed by atoms with Gasteiger partial charge in [-0.25, -0.2) is 0 Å². The summed E-state index contributed by atoms with van der Waals surface area (Å²) in [5, 5.41) is 3.31. The van der Waals surface area contributed by atoms with Crippen LogP contribution in [0.25, 0.3) is 0 Å². The first-order valence-electron chi connectivity index (χ1n) is 7.45. The van der Waals surface area contributed by atoms with Crippen molar-refractivity contribution in [2.75, 3.05) is 0 Å². The van der Waals surface area contributed by atoms with Crippen LogP contribution >= 0.6 is 11.6 Å². The number of benzene rings is 1. The highest BCUT2D eigenvalue weighted by Gasteiger charge is 2.39. The van der Waals surface area contributed by atoms with Crippen molar-refractivity contribution < 1.29 is 18.0 Å². The molecule has 1 aliphatic carbocycles. The van der Waals surface area contributed by atoms with Gasteiger partial charge < -0.3 is 5.32 Å². The first kappa shape index (κ1) is 16.8. The third-order valence-corrected chi connectivity index (χ3v) is 4.46. The summed E-state index contributed by atoms with van der Waals surface area (Å²) in [6.07, 6.45) is -2.05. The Morgan fingerprint density at radius 2 is 1.88 bits per heavy atom. The Labute approximate surface area is 141 Å². The number of hydrogen-bond donors (Lipinski definition) is 1. The molecule has 0 radical (unpaired) electrons. The van der Waals surface area contributed by atoms with Gasteiger partial charge in [0.25, 0.3) is 5.91 Å². The van der Waals surface area contributed by atoms with Gasteiger partial charge in [0.15, 0.2) is 5.69 Å². The standard InChI is InChI=1S/C17H14ClF3N2O/c18-11-5-3-10(4-6-11)12-7-8-14(12)23-16(24)13-2-1-9-22-15(13)17(19,20)21/h1-6,9,12,14H,7-8H2,(H,23,24)/t12-,14-/m1/s1. The van der Waals surface area contributed by atoms with Crippen LogP contribution in [0.3, 0.4) is 0 Å². The first-order valence-corrected chi connectivity index (χ1v) is 7.82. The number of hydrogen-bond acceptors (Lipinski definition) is 2. The van der Waals surface area contributed by atoms with Crippen LogP contribution in [0.4, 0.5) is 13.2 Å². The second-order valence-electron chi connectivity index (χ2n) is 5.71. The van der Waals surface area contributed by atoms with E-state index in [9.17, 15) is 18.0 Å². The highest BCUT2D eigenvalue weighted by atomic mass is 35.5. The molecule has 1 N–H and O–H groups in total. The van der Waals surface area contributed by atoms with Gasteiger partial charge in [-0.15, -0.1) is 0 Å². The second kappa shape index (κ2) is 6.43. The van der Waals surface area contributed by atoms with Crippen molar-refractivity contribution >= 4 is 17.5 Å². The monoisotopic (exact) mass is 354 g/mol. The van der Waals surface area contributed by atoms with E-state index in [1.165, 1.54) is 6.07 Å². The van der Waals surface area contributed by atoms with Crippen molar-refractivity contribution in [2.24, 2.45) is 0 Å². The fourth-order valence-electron chi connectivity index (χ4n) is 2.84. The molecule has 126 valence electrons. The minimum atomic E-state index is -4.66. The van der Waals surface area contributed by atoms with Gasteiger partial charge in [-0.05, 0) is 42.7 Å². The molecule has 0 saturated heterocycles. The Morgan fingerprint density at radius 3 is 2.46 bits per heavy atom. The van der Waals surface area contributed by atoms with Crippen LogP contribution in [0.2, 0.25) is 5.02 Å². The van der Waals surface area contributed by atoms with E-state index >= 15 is 0 Å². The summed E-state index contributed by atoms with van der Waals surface area (Å²) in [7, 11) is 0. The highest BCUT2D eigenvalue weighted by Crippen LogP contribution is 2.38. The number of aromatic nitrogens is 1. The predicted octanol–water partition coefficient (Wildman–Crippen LogP) is 4.43. The molecule has 2 aromatic rings. The lowest BCUT2D eigenvalue weighted by atomic mass is 9.75. The largest absolute Gasteiger partial charge is 0.434 e. The van der Waals surface area contributed by atoms with Crippen LogP contribution in [0, 0.1) is 0 Å². The molecule has 24 heavy (non-hydrogen) atoms. The maximum Gasteiger partial charge on any atom is 0.434 e. The molecule has 0 spiro atoms. The summed E-state index contributed by atoms with van der Waals surface area (Å²) in [5.74, 6) is -0.670. The number of nitrogens with one attached hydrogen (secondary N) is 1. The number of halogens is 4. The van der Waals surface area contributed by atoms with Crippen molar-refractivity contribution in [1.82, 2.24) is 10.3 Å². The molecule has 1 aromatic carbocycles. The average molecular weight is 355 g/mol. The van der Waals surface area contributed by atoms with Crippen LogP contribution in [0.15, 0.2) is 42.6 Å². The third kappa shape index (κ3) is 3.38. The average Bonchev–Trinajstić information content (AvgIpc) is 2.52. The maximum atomic E-state index is 13.0. The molecule has 3 rings (SSSR count). The zero-order chi connectivity index (χ0) is 17.3. The Balaban J connectivity index is 1.75. The minimum absolute atomic E-state index is 0.0808. The van der Waals surface area contributed by atoms with Gasteiger partial charge in [-0.3, -0.25) is 9.78 Å². The highest BCUT2D eigenvalue weighted by molar-refractivity contribution is 6.30. The summed E-state index contributed by atoms with van der Waals surface area (Å²) in [6, 6.07) is 9.53. The molecule has 0 unspecified atom stereocenters. The van der Waals surface area contributed by atoms with Crippen molar-refractivity contribution in [3.8, 4) is 0 Å². The number of carbonyl (C=O) groups excluding carboxylic acids is 1. The first-order chi connectivity index (χ1) is 11.4. The van der Waals surface area contributed by atoms with Crippen molar-refractivity contribution in [2.45, 2.75) is 31.0 Å². The van der Waals surface area contributed by atoms with E-state index in [1.54, 1.807) is 12.1 Å². The van der Waals surface area contributed by atoms with Gasteiger partial charge in [-0.2, -0.15) is 13.2 Å². The fourth-order valence-corrected chi connectivity index (χ4v) is 2.97. The number of pyridine rings is 1. The molecule has 1 saturated carbocycles. The smallest absolute Gasteiger partial charge is 0.349 e. The lowest BCUT2D eigenvalue weighted by Crippen LogP contribution is -2.45. The molecule has 1 aromatic heterocycles. The van der Waals surface area contributed by atoms with E-state index < -0.39 is 23.3 Å². The van der Waals surface area contributed by atoms with Crippen molar-refractivity contribution in [3.63, 3.8) is 0 Å². The molecule has 3 nitrogen and oxygen atoms in total. The molecule has 1 amide bonds. The number of amides is 1. The van der Waals surface area contributed by atoms with E-state index in [2.05, 4.69) is 10.3 Å². The van der Waals surface area contributed by atoms with Crippen LogP contribution in [-0.2, 0) is 6.18 Å². The Kier molecular flexibility index (Phi) is 4.49. The molecule has 1 aliphatic rings. The summed E-state index contributed by atoms with van der Waals surface area (Å²) >= 11 is 5.86. The van der Waals surface area contributed by atoms with Gasteiger partial charge in [0, 0.05) is 23.2 Å². The van der Waals surface area contributed by atoms with Crippen LogP contribution < -0.4 is 5.32 Å². The second-order valence-corrected chi connectivity index (χ2v) is 6.15. The summed E-state index contributed by atoms with van der Waals surface area (Å²) in [5.41, 5.74) is -0.602. The summed E-state index contributed by atoms with van der Waals surface area (Å²) in [4.78, 5) is 15.6. The molecule has 7 heteroatoms. The molecule has 2 atom stereocenters. The Hall–Kier alpha value is -2.08. The molecule has 1 heterocycles. The Bertz CT molecular complexity index is 746. The predicted molar refractivity (Wildman–Crippen MR) is 83.9 cm³/mol. The normalized spacial score (nSPS) is 20.3. The summed E-state index contributed by atoms with van der Waals surface area (Å²) < 4.78 is 38.9.